The van der Waals surface area contributed by atoms with Crippen LogP contribution < -0.4 is 5.32 Å². The summed E-state index contributed by atoms with van der Waals surface area (Å²) >= 11 is 0. The predicted octanol–water partition coefficient (Wildman–Crippen LogP) is 0.725. The first-order valence-electron chi connectivity index (χ1n) is 7.38. The molecule has 0 bridgehead atoms. The van der Waals surface area contributed by atoms with Crippen LogP contribution in [0.1, 0.15) is 18.9 Å². The zero-order chi connectivity index (χ0) is 14.2. The van der Waals surface area contributed by atoms with Gasteiger partial charge in [0.1, 0.15) is 0 Å². The molecule has 0 atom stereocenters. The summed E-state index contributed by atoms with van der Waals surface area (Å²) < 4.78 is 0. The van der Waals surface area contributed by atoms with Crippen LogP contribution in [0.5, 0.6) is 0 Å². The molecule has 1 amide bonds. The third-order valence-electron chi connectivity index (χ3n) is 3.81. The standard InChI is InChI=1S/C15H24N4O/c1-2-18-9-11-19(12-10-18)8-5-15(20)17-13-14-3-6-16-7-4-14/h3-4,6-7H,2,5,8-13H2,1H3,(H,17,20). The van der Waals surface area contributed by atoms with Gasteiger partial charge in [0.25, 0.3) is 0 Å². The number of rotatable bonds is 6. The van der Waals surface area contributed by atoms with E-state index >= 15 is 0 Å². The maximum atomic E-state index is 11.8. The normalized spacial score (nSPS) is 17.1. The third kappa shape index (κ3) is 4.90. The van der Waals surface area contributed by atoms with Crippen LogP contribution >= 0.6 is 0 Å². The minimum Gasteiger partial charge on any atom is -0.352 e. The van der Waals surface area contributed by atoms with Gasteiger partial charge in [0.2, 0.25) is 5.91 Å². The number of hydrogen-bond acceptors (Lipinski definition) is 4. The lowest BCUT2D eigenvalue weighted by Crippen LogP contribution is -2.46. The van der Waals surface area contributed by atoms with Crippen LogP contribution in [0.25, 0.3) is 0 Å². The van der Waals surface area contributed by atoms with Gasteiger partial charge in [0.05, 0.1) is 0 Å². The van der Waals surface area contributed by atoms with Gasteiger partial charge in [-0.05, 0) is 24.2 Å². The van der Waals surface area contributed by atoms with E-state index in [0.717, 1.165) is 44.8 Å². The predicted molar refractivity (Wildman–Crippen MR) is 79.3 cm³/mol. The van der Waals surface area contributed by atoms with Gasteiger partial charge >= 0.3 is 0 Å². The number of nitrogens with zero attached hydrogens (tertiary/aromatic N) is 3. The first-order valence-corrected chi connectivity index (χ1v) is 7.38. The van der Waals surface area contributed by atoms with E-state index in [1.807, 2.05) is 12.1 Å². The number of piperazine rings is 1. The number of nitrogens with one attached hydrogen (secondary N) is 1. The number of carbonyl (C=O) groups excluding carboxylic acids is 1. The zero-order valence-corrected chi connectivity index (χ0v) is 12.2. The maximum absolute atomic E-state index is 11.8. The van der Waals surface area contributed by atoms with Gasteiger partial charge in [0, 0.05) is 58.1 Å². The van der Waals surface area contributed by atoms with Gasteiger partial charge in [-0.15, -0.1) is 0 Å². The van der Waals surface area contributed by atoms with E-state index in [1.54, 1.807) is 12.4 Å². The molecule has 1 aliphatic heterocycles. The molecule has 1 aromatic rings. The lowest BCUT2D eigenvalue weighted by atomic mass is 10.2. The molecule has 1 N–H and O–H groups in total. The van der Waals surface area contributed by atoms with E-state index in [-0.39, 0.29) is 5.91 Å². The number of pyridine rings is 1. The van der Waals surface area contributed by atoms with Gasteiger partial charge in [-0.25, -0.2) is 0 Å². The van der Waals surface area contributed by atoms with Crippen molar-refractivity contribution in [3.8, 4) is 0 Å². The molecule has 110 valence electrons. The van der Waals surface area contributed by atoms with Gasteiger partial charge < -0.3 is 15.1 Å². The number of aromatic nitrogens is 1. The summed E-state index contributed by atoms with van der Waals surface area (Å²) in [4.78, 5) is 20.6. The molecule has 0 aromatic carbocycles. The van der Waals surface area contributed by atoms with Crippen molar-refractivity contribution in [2.45, 2.75) is 19.9 Å². The van der Waals surface area contributed by atoms with E-state index in [1.165, 1.54) is 0 Å². The summed E-state index contributed by atoms with van der Waals surface area (Å²) in [6, 6.07) is 3.84. The van der Waals surface area contributed by atoms with Crippen molar-refractivity contribution in [1.82, 2.24) is 20.1 Å². The van der Waals surface area contributed by atoms with E-state index < -0.39 is 0 Å². The summed E-state index contributed by atoms with van der Waals surface area (Å²) in [5.74, 6) is 0.125. The first-order chi connectivity index (χ1) is 9.78. The van der Waals surface area contributed by atoms with Crippen LogP contribution in [0.15, 0.2) is 24.5 Å². The molecule has 2 rings (SSSR count). The van der Waals surface area contributed by atoms with Crippen molar-refractivity contribution in [2.75, 3.05) is 39.3 Å². The van der Waals surface area contributed by atoms with E-state index in [0.29, 0.717) is 13.0 Å². The van der Waals surface area contributed by atoms with Gasteiger partial charge in [-0.3, -0.25) is 9.78 Å². The molecule has 0 spiro atoms. The summed E-state index contributed by atoms with van der Waals surface area (Å²) in [6.45, 7) is 9.16. The largest absolute Gasteiger partial charge is 0.352 e. The monoisotopic (exact) mass is 276 g/mol. The van der Waals surface area contributed by atoms with E-state index in [2.05, 4.69) is 27.0 Å². The molecule has 1 aliphatic rings. The van der Waals surface area contributed by atoms with Crippen molar-refractivity contribution < 1.29 is 4.79 Å². The van der Waals surface area contributed by atoms with Crippen molar-refractivity contribution in [3.63, 3.8) is 0 Å². The smallest absolute Gasteiger partial charge is 0.221 e. The minimum absolute atomic E-state index is 0.125. The highest BCUT2D eigenvalue weighted by Crippen LogP contribution is 2.02. The molecule has 1 saturated heterocycles. The van der Waals surface area contributed by atoms with Crippen molar-refractivity contribution in [3.05, 3.63) is 30.1 Å². The molecule has 5 nitrogen and oxygen atoms in total. The second-order valence-corrected chi connectivity index (χ2v) is 5.16. The molecule has 0 saturated carbocycles. The molecule has 1 fully saturated rings. The Morgan fingerprint density at radius 3 is 2.50 bits per heavy atom. The average Bonchev–Trinajstić information content (AvgIpc) is 2.52. The average molecular weight is 276 g/mol. The summed E-state index contributed by atoms with van der Waals surface area (Å²) in [5.41, 5.74) is 1.09. The molecule has 2 heterocycles. The fraction of sp³-hybridized carbons (Fsp3) is 0.600. The summed E-state index contributed by atoms with van der Waals surface area (Å²) in [6.07, 6.45) is 4.07. The molecule has 1 aromatic heterocycles. The molecular weight excluding hydrogens is 252 g/mol. The lowest BCUT2D eigenvalue weighted by molar-refractivity contribution is -0.121. The maximum Gasteiger partial charge on any atom is 0.221 e. The second kappa shape index (κ2) is 7.97. The van der Waals surface area contributed by atoms with Gasteiger partial charge in [0.15, 0.2) is 0 Å². The van der Waals surface area contributed by atoms with Crippen LogP contribution in [0, 0.1) is 0 Å². The Morgan fingerprint density at radius 1 is 1.20 bits per heavy atom. The highest BCUT2D eigenvalue weighted by molar-refractivity contribution is 5.76. The van der Waals surface area contributed by atoms with Gasteiger partial charge in [-0.1, -0.05) is 6.92 Å². The fourth-order valence-electron chi connectivity index (χ4n) is 2.38. The number of likely N-dealkylation sites (N-methyl/N-ethyl adjacent to an activating group) is 1. The Hall–Kier alpha value is -1.46. The second-order valence-electron chi connectivity index (χ2n) is 5.16. The number of hydrogen-bond donors (Lipinski definition) is 1. The van der Waals surface area contributed by atoms with Crippen LogP contribution in [-0.2, 0) is 11.3 Å². The zero-order valence-electron chi connectivity index (χ0n) is 12.2. The number of amides is 1. The molecule has 20 heavy (non-hydrogen) atoms. The van der Waals surface area contributed by atoms with Crippen LogP contribution in [0.3, 0.4) is 0 Å². The topological polar surface area (TPSA) is 48.5 Å². The Labute approximate surface area is 121 Å². The Balaban J connectivity index is 1.61. The van der Waals surface area contributed by atoms with Crippen LogP contribution in [-0.4, -0.2) is 60.0 Å². The van der Waals surface area contributed by atoms with Crippen LogP contribution in [0.2, 0.25) is 0 Å². The van der Waals surface area contributed by atoms with Gasteiger partial charge in [-0.2, -0.15) is 0 Å². The highest BCUT2D eigenvalue weighted by atomic mass is 16.1. The molecule has 0 unspecified atom stereocenters. The summed E-state index contributed by atoms with van der Waals surface area (Å²) in [7, 11) is 0. The van der Waals surface area contributed by atoms with Crippen LogP contribution in [0.4, 0.5) is 0 Å². The van der Waals surface area contributed by atoms with E-state index in [9.17, 15) is 4.79 Å². The SMILES string of the molecule is CCN1CCN(CCC(=O)NCc2ccncc2)CC1. The molecular formula is C15H24N4O. The van der Waals surface area contributed by atoms with E-state index in [4.69, 9.17) is 0 Å². The first kappa shape index (κ1) is 14.9. The fourth-order valence-corrected chi connectivity index (χ4v) is 2.38. The minimum atomic E-state index is 0.125. The van der Waals surface area contributed by atoms with Crippen molar-refractivity contribution >= 4 is 5.91 Å². The number of carbonyl (C=O) groups is 1. The van der Waals surface area contributed by atoms with Crippen molar-refractivity contribution in [2.24, 2.45) is 0 Å². The highest BCUT2D eigenvalue weighted by Gasteiger charge is 2.15. The Bertz CT molecular complexity index is 402. The molecule has 0 radical (unpaired) electrons. The molecule has 5 heteroatoms. The van der Waals surface area contributed by atoms with Crippen molar-refractivity contribution in [1.29, 1.82) is 0 Å². The third-order valence-corrected chi connectivity index (χ3v) is 3.81. The molecule has 0 aliphatic carbocycles. The summed E-state index contributed by atoms with van der Waals surface area (Å²) in [5, 5.41) is 2.95. The Kier molecular flexibility index (Phi) is 5.95. The quantitative estimate of drug-likeness (QED) is 0.832. The Morgan fingerprint density at radius 2 is 1.85 bits per heavy atom. The lowest BCUT2D eigenvalue weighted by Gasteiger charge is -2.33.